The highest BCUT2D eigenvalue weighted by Gasteiger charge is 2.49. The van der Waals surface area contributed by atoms with Crippen molar-refractivity contribution in [1.82, 2.24) is 0 Å². The standard InChI is InChI=1S/C19H19NO3/c1-21-12-15-16(13-8-4-2-5-9-13)23-19(20-15)18-17(22-18)14-10-6-3-7-11-14/h2-11,15-18H,12H2,1H3/t15-,16-,17+,18-/m0/s1. The highest BCUT2D eigenvalue weighted by molar-refractivity contribution is 5.86. The molecule has 2 aromatic rings. The third-order valence-corrected chi connectivity index (χ3v) is 4.22. The van der Waals surface area contributed by atoms with E-state index in [1.54, 1.807) is 7.11 Å². The third kappa shape index (κ3) is 2.87. The van der Waals surface area contributed by atoms with Crippen LogP contribution in [0.25, 0.3) is 0 Å². The van der Waals surface area contributed by atoms with Crippen LogP contribution in [0, 0.1) is 0 Å². The maximum Gasteiger partial charge on any atom is 0.217 e. The van der Waals surface area contributed by atoms with Crippen LogP contribution in [0.5, 0.6) is 0 Å². The van der Waals surface area contributed by atoms with Crippen LogP contribution in [0.3, 0.4) is 0 Å². The lowest BCUT2D eigenvalue weighted by Crippen LogP contribution is -2.19. The van der Waals surface area contributed by atoms with E-state index in [1.807, 2.05) is 36.4 Å². The Morgan fingerprint density at radius 2 is 1.48 bits per heavy atom. The van der Waals surface area contributed by atoms with E-state index >= 15 is 0 Å². The van der Waals surface area contributed by atoms with Crippen molar-refractivity contribution in [3.05, 3.63) is 71.8 Å². The minimum atomic E-state index is -0.105. The molecule has 0 bridgehead atoms. The van der Waals surface area contributed by atoms with Gasteiger partial charge in [0, 0.05) is 7.11 Å². The predicted molar refractivity (Wildman–Crippen MR) is 87.4 cm³/mol. The van der Waals surface area contributed by atoms with Crippen LogP contribution >= 0.6 is 0 Å². The zero-order valence-electron chi connectivity index (χ0n) is 13.0. The van der Waals surface area contributed by atoms with Crippen molar-refractivity contribution in [3.63, 3.8) is 0 Å². The lowest BCUT2D eigenvalue weighted by molar-refractivity contribution is 0.118. The van der Waals surface area contributed by atoms with Crippen LogP contribution in [0.1, 0.15) is 23.3 Å². The number of rotatable bonds is 5. The van der Waals surface area contributed by atoms with E-state index in [1.165, 1.54) is 0 Å². The number of hydrogen-bond acceptors (Lipinski definition) is 4. The topological polar surface area (TPSA) is 43.3 Å². The molecule has 4 heteroatoms. The molecule has 118 valence electrons. The Morgan fingerprint density at radius 3 is 2.09 bits per heavy atom. The van der Waals surface area contributed by atoms with Gasteiger partial charge in [0.2, 0.25) is 5.90 Å². The van der Waals surface area contributed by atoms with E-state index in [-0.39, 0.29) is 24.4 Å². The van der Waals surface area contributed by atoms with Gasteiger partial charge in [-0.25, -0.2) is 4.99 Å². The van der Waals surface area contributed by atoms with Crippen LogP contribution in [0.15, 0.2) is 65.7 Å². The smallest absolute Gasteiger partial charge is 0.217 e. The van der Waals surface area contributed by atoms with Crippen molar-refractivity contribution in [2.24, 2.45) is 4.99 Å². The maximum absolute atomic E-state index is 6.13. The Balaban J connectivity index is 1.51. The summed E-state index contributed by atoms with van der Waals surface area (Å²) in [4.78, 5) is 4.72. The second kappa shape index (κ2) is 6.14. The molecule has 0 radical (unpaired) electrons. The quantitative estimate of drug-likeness (QED) is 0.796. The molecule has 0 unspecified atom stereocenters. The first-order valence-corrected chi connectivity index (χ1v) is 7.85. The zero-order valence-corrected chi connectivity index (χ0v) is 13.0. The van der Waals surface area contributed by atoms with E-state index in [0.29, 0.717) is 12.5 Å². The van der Waals surface area contributed by atoms with Gasteiger partial charge in [-0.3, -0.25) is 0 Å². The number of hydrogen-bond donors (Lipinski definition) is 0. The van der Waals surface area contributed by atoms with Gasteiger partial charge in [0.1, 0.15) is 18.2 Å². The summed E-state index contributed by atoms with van der Waals surface area (Å²) in [6.07, 6.45) is -0.134. The van der Waals surface area contributed by atoms with Crippen molar-refractivity contribution >= 4 is 5.90 Å². The lowest BCUT2D eigenvalue weighted by Gasteiger charge is -2.17. The minimum absolute atomic E-state index is 0.0296. The zero-order chi connectivity index (χ0) is 15.6. The Bertz CT molecular complexity index is 686. The van der Waals surface area contributed by atoms with Gasteiger partial charge in [-0.05, 0) is 11.1 Å². The molecule has 4 rings (SSSR count). The highest BCUT2D eigenvalue weighted by Crippen LogP contribution is 2.43. The van der Waals surface area contributed by atoms with Crippen molar-refractivity contribution in [1.29, 1.82) is 0 Å². The van der Waals surface area contributed by atoms with Gasteiger partial charge in [-0.1, -0.05) is 60.7 Å². The van der Waals surface area contributed by atoms with E-state index in [2.05, 4.69) is 24.3 Å². The van der Waals surface area contributed by atoms with E-state index in [0.717, 1.165) is 11.1 Å². The average Bonchev–Trinajstić information content (AvgIpc) is 3.31. The minimum Gasteiger partial charge on any atom is -0.468 e. The molecule has 1 saturated heterocycles. The summed E-state index contributed by atoms with van der Waals surface area (Å²) in [5.74, 6) is 0.690. The molecule has 1 fully saturated rings. The first kappa shape index (κ1) is 14.4. The molecule has 0 saturated carbocycles. The van der Waals surface area contributed by atoms with Gasteiger partial charge in [0.15, 0.2) is 6.10 Å². The summed E-state index contributed by atoms with van der Waals surface area (Å²) < 4.78 is 17.2. The van der Waals surface area contributed by atoms with E-state index in [9.17, 15) is 0 Å². The van der Waals surface area contributed by atoms with Gasteiger partial charge < -0.3 is 14.2 Å². The molecule has 0 aliphatic carbocycles. The molecule has 2 aliphatic rings. The maximum atomic E-state index is 6.13. The van der Waals surface area contributed by atoms with Crippen LogP contribution in [-0.2, 0) is 14.2 Å². The molecule has 4 atom stereocenters. The molecule has 0 amide bonds. The molecule has 2 aromatic carbocycles. The Morgan fingerprint density at radius 1 is 0.870 bits per heavy atom. The summed E-state index contributed by atoms with van der Waals surface area (Å²) in [5.41, 5.74) is 2.28. The Kier molecular flexibility index (Phi) is 3.85. The summed E-state index contributed by atoms with van der Waals surface area (Å²) in [6.45, 7) is 0.534. The first-order chi connectivity index (χ1) is 11.4. The van der Waals surface area contributed by atoms with Crippen LogP contribution in [-0.4, -0.2) is 31.8 Å². The summed E-state index contributed by atoms with van der Waals surface area (Å²) in [7, 11) is 1.69. The van der Waals surface area contributed by atoms with Crippen molar-refractivity contribution in [2.45, 2.75) is 24.4 Å². The van der Waals surface area contributed by atoms with Crippen molar-refractivity contribution in [2.75, 3.05) is 13.7 Å². The number of methoxy groups -OCH3 is 1. The van der Waals surface area contributed by atoms with Gasteiger partial charge in [0.25, 0.3) is 0 Å². The number of aliphatic imine (C=N–C) groups is 1. The average molecular weight is 309 g/mol. The van der Waals surface area contributed by atoms with Gasteiger partial charge in [-0.2, -0.15) is 0 Å². The fourth-order valence-electron chi connectivity index (χ4n) is 3.04. The molecule has 2 aliphatic heterocycles. The SMILES string of the molecule is COC[C@@H]1N=C([C@H]2O[C@@H]2c2ccccc2)O[C@H]1c1ccccc1. The van der Waals surface area contributed by atoms with Crippen molar-refractivity contribution in [3.8, 4) is 0 Å². The molecule has 2 heterocycles. The fraction of sp³-hybridized carbons (Fsp3) is 0.316. The number of benzene rings is 2. The summed E-state index contributed by atoms with van der Waals surface area (Å²) >= 11 is 0. The van der Waals surface area contributed by atoms with Gasteiger partial charge >= 0.3 is 0 Å². The Hall–Kier alpha value is -2.17. The molecule has 0 spiro atoms. The second-order valence-corrected chi connectivity index (χ2v) is 5.83. The van der Waals surface area contributed by atoms with Crippen molar-refractivity contribution < 1.29 is 14.2 Å². The van der Waals surface area contributed by atoms with Crippen LogP contribution in [0.2, 0.25) is 0 Å². The monoisotopic (exact) mass is 309 g/mol. The predicted octanol–water partition coefficient (Wildman–Crippen LogP) is 3.31. The van der Waals surface area contributed by atoms with Gasteiger partial charge in [-0.15, -0.1) is 0 Å². The van der Waals surface area contributed by atoms with E-state index in [4.69, 9.17) is 19.2 Å². The molecule has 23 heavy (non-hydrogen) atoms. The fourth-order valence-corrected chi connectivity index (χ4v) is 3.04. The lowest BCUT2D eigenvalue weighted by atomic mass is 10.0. The third-order valence-electron chi connectivity index (χ3n) is 4.22. The number of nitrogens with zero attached hydrogens (tertiary/aromatic N) is 1. The van der Waals surface area contributed by atoms with Crippen LogP contribution in [0.4, 0.5) is 0 Å². The largest absolute Gasteiger partial charge is 0.468 e. The summed E-state index contributed by atoms with van der Waals surface area (Å²) in [5, 5.41) is 0. The van der Waals surface area contributed by atoms with Crippen LogP contribution < -0.4 is 0 Å². The number of ether oxygens (including phenoxy) is 3. The second-order valence-electron chi connectivity index (χ2n) is 5.83. The molecule has 4 nitrogen and oxygen atoms in total. The summed E-state index contributed by atoms with van der Waals surface area (Å²) in [6, 6.07) is 20.3. The van der Waals surface area contributed by atoms with E-state index < -0.39 is 0 Å². The molecular formula is C19H19NO3. The molecular weight excluding hydrogens is 290 g/mol. The highest BCUT2D eigenvalue weighted by atomic mass is 16.6. The van der Waals surface area contributed by atoms with Gasteiger partial charge in [0.05, 0.1) is 6.61 Å². The molecule has 0 aromatic heterocycles. The Labute approximate surface area is 135 Å². The normalized spacial score (nSPS) is 29.0. The first-order valence-electron chi connectivity index (χ1n) is 7.85. The number of epoxide rings is 1. The molecule has 0 N–H and O–H groups in total.